The van der Waals surface area contributed by atoms with Crippen molar-refractivity contribution in [3.05, 3.63) is 34.3 Å². The van der Waals surface area contributed by atoms with Crippen LogP contribution in [0.3, 0.4) is 0 Å². The average Bonchev–Trinajstić information content (AvgIpc) is 2.19. The lowest BCUT2D eigenvalue weighted by atomic mass is 9.91. The van der Waals surface area contributed by atoms with Crippen molar-refractivity contribution in [2.24, 2.45) is 0 Å². The van der Waals surface area contributed by atoms with Gasteiger partial charge in [-0.1, -0.05) is 28.1 Å². The van der Waals surface area contributed by atoms with Gasteiger partial charge in [0.25, 0.3) is 0 Å². The summed E-state index contributed by atoms with van der Waals surface area (Å²) in [7, 11) is 0. The van der Waals surface area contributed by atoms with Crippen molar-refractivity contribution in [2.75, 3.05) is 11.5 Å². The number of hydrogen-bond acceptors (Lipinski definition) is 2. The van der Waals surface area contributed by atoms with Gasteiger partial charge in [0.15, 0.2) is 0 Å². The molecule has 1 N–H and O–H groups in total. The minimum absolute atomic E-state index is 0.594. The Morgan fingerprint density at radius 2 is 2.00 bits per heavy atom. The zero-order chi connectivity index (χ0) is 10.0. The molecule has 0 saturated carbocycles. The van der Waals surface area contributed by atoms with E-state index < -0.39 is 5.60 Å². The van der Waals surface area contributed by atoms with Gasteiger partial charge in [-0.05, 0) is 36.3 Å². The molecule has 1 heterocycles. The average molecular weight is 273 g/mol. The summed E-state index contributed by atoms with van der Waals surface area (Å²) in [5.41, 5.74) is 0.455. The van der Waals surface area contributed by atoms with Crippen molar-refractivity contribution in [1.29, 1.82) is 0 Å². The van der Waals surface area contributed by atoms with Crippen molar-refractivity contribution in [3.63, 3.8) is 0 Å². The second-order valence-corrected chi connectivity index (χ2v) is 5.72. The maximum atomic E-state index is 10.4. The first kappa shape index (κ1) is 10.5. The number of hydrogen-bond donors (Lipinski definition) is 1. The summed E-state index contributed by atoms with van der Waals surface area (Å²) in [6, 6.07) is 8.01. The first-order chi connectivity index (χ1) is 6.71. The van der Waals surface area contributed by atoms with Gasteiger partial charge < -0.3 is 5.11 Å². The van der Waals surface area contributed by atoms with E-state index in [1.54, 1.807) is 0 Å². The third-order valence-electron chi connectivity index (χ3n) is 2.60. The summed E-state index contributed by atoms with van der Waals surface area (Å²) in [5, 5.41) is 10.4. The van der Waals surface area contributed by atoms with Gasteiger partial charge in [-0.15, -0.1) is 0 Å². The number of benzene rings is 1. The fourth-order valence-electron chi connectivity index (χ4n) is 1.77. The fraction of sp³-hybridized carbons (Fsp3) is 0.455. The highest BCUT2D eigenvalue weighted by molar-refractivity contribution is 9.10. The second-order valence-electron chi connectivity index (χ2n) is 3.69. The van der Waals surface area contributed by atoms with Gasteiger partial charge in [0.1, 0.15) is 0 Å². The summed E-state index contributed by atoms with van der Waals surface area (Å²) in [4.78, 5) is 0. The van der Waals surface area contributed by atoms with E-state index in [1.807, 2.05) is 36.0 Å². The van der Waals surface area contributed by atoms with Crippen molar-refractivity contribution in [1.82, 2.24) is 0 Å². The topological polar surface area (TPSA) is 20.2 Å². The molecule has 0 unspecified atom stereocenters. The third kappa shape index (κ3) is 2.15. The molecule has 1 saturated heterocycles. The first-order valence-corrected chi connectivity index (χ1v) is 6.72. The van der Waals surface area contributed by atoms with Gasteiger partial charge in [0.05, 0.1) is 5.60 Å². The van der Waals surface area contributed by atoms with E-state index in [0.717, 1.165) is 28.6 Å². The molecule has 1 atom stereocenters. The SMILES string of the molecule is O[C@]1(c2ccc(Br)cc2)CCCSC1. The van der Waals surface area contributed by atoms with Crippen LogP contribution >= 0.6 is 27.7 Å². The Morgan fingerprint density at radius 3 is 2.57 bits per heavy atom. The number of aliphatic hydroxyl groups is 1. The Labute approximate surface area is 97.0 Å². The van der Waals surface area contributed by atoms with E-state index in [1.165, 1.54) is 5.75 Å². The second kappa shape index (κ2) is 4.25. The predicted octanol–water partition coefficient (Wildman–Crippen LogP) is 3.16. The lowest BCUT2D eigenvalue weighted by Crippen LogP contribution is -2.31. The van der Waals surface area contributed by atoms with E-state index in [0.29, 0.717) is 0 Å². The molecule has 1 aliphatic heterocycles. The minimum atomic E-state index is -0.594. The molecule has 0 radical (unpaired) electrons. The van der Waals surface area contributed by atoms with E-state index >= 15 is 0 Å². The summed E-state index contributed by atoms with van der Waals surface area (Å²) in [5.74, 6) is 2.01. The van der Waals surface area contributed by atoms with Crippen LogP contribution in [0.15, 0.2) is 28.7 Å². The molecule has 1 aromatic carbocycles. The molecule has 1 fully saturated rings. The molecule has 76 valence electrons. The Bertz CT molecular complexity index is 304. The normalized spacial score (nSPS) is 27.6. The molecular formula is C11H13BrOS. The third-order valence-corrected chi connectivity index (χ3v) is 4.39. The molecule has 1 nitrogen and oxygen atoms in total. The smallest absolute Gasteiger partial charge is 0.0986 e. The highest BCUT2D eigenvalue weighted by Crippen LogP contribution is 2.35. The van der Waals surface area contributed by atoms with Gasteiger partial charge in [0, 0.05) is 10.2 Å². The molecule has 0 amide bonds. The number of rotatable bonds is 1. The van der Waals surface area contributed by atoms with Gasteiger partial charge in [-0.3, -0.25) is 0 Å². The molecule has 0 spiro atoms. The van der Waals surface area contributed by atoms with Gasteiger partial charge in [-0.2, -0.15) is 11.8 Å². The maximum absolute atomic E-state index is 10.4. The monoisotopic (exact) mass is 272 g/mol. The van der Waals surface area contributed by atoms with E-state index in [4.69, 9.17) is 0 Å². The fourth-order valence-corrected chi connectivity index (χ4v) is 3.17. The van der Waals surface area contributed by atoms with Crippen molar-refractivity contribution in [3.8, 4) is 0 Å². The standard InChI is InChI=1S/C11H13BrOS/c12-10-4-2-9(3-5-10)11(13)6-1-7-14-8-11/h2-5,13H,1,6-8H2/t11-/m1/s1. The Kier molecular flexibility index (Phi) is 3.20. The molecule has 2 rings (SSSR count). The van der Waals surface area contributed by atoms with Crippen LogP contribution in [0.1, 0.15) is 18.4 Å². The highest BCUT2D eigenvalue weighted by Gasteiger charge is 2.31. The Hall–Kier alpha value is 0.01000. The maximum Gasteiger partial charge on any atom is 0.0986 e. The summed E-state index contributed by atoms with van der Waals surface area (Å²) < 4.78 is 1.06. The van der Waals surface area contributed by atoms with Crippen LogP contribution in [0.25, 0.3) is 0 Å². The molecule has 0 aliphatic carbocycles. The highest BCUT2D eigenvalue weighted by atomic mass is 79.9. The van der Waals surface area contributed by atoms with Crippen LogP contribution in [-0.4, -0.2) is 16.6 Å². The van der Waals surface area contributed by atoms with Gasteiger partial charge in [0.2, 0.25) is 0 Å². The van der Waals surface area contributed by atoms with Crippen LogP contribution in [-0.2, 0) is 5.60 Å². The molecular weight excluding hydrogens is 260 g/mol. The van der Waals surface area contributed by atoms with Gasteiger partial charge in [-0.25, -0.2) is 0 Å². The van der Waals surface area contributed by atoms with Crippen molar-refractivity contribution < 1.29 is 5.11 Å². The van der Waals surface area contributed by atoms with Crippen LogP contribution in [0, 0.1) is 0 Å². The zero-order valence-electron chi connectivity index (χ0n) is 7.87. The molecule has 1 aliphatic rings. The van der Waals surface area contributed by atoms with Crippen molar-refractivity contribution >= 4 is 27.7 Å². The van der Waals surface area contributed by atoms with Crippen LogP contribution in [0.5, 0.6) is 0 Å². The van der Waals surface area contributed by atoms with Crippen LogP contribution in [0.4, 0.5) is 0 Å². The molecule has 1 aromatic rings. The quantitative estimate of drug-likeness (QED) is 0.848. The van der Waals surface area contributed by atoms with Gasteiger partial charge >= 0.3 is 0 Å². The van der Waals surface area contributed by atoms with E-state index in [9.17, 15) is 5.11 Å². The molecule has 0 bridgehead atoms. The number of thioether (sulfide) groups is 1. The Balaban J connectivity index is 2.23. The first-order valence-electron chi connectivity index (χ1n) is 4.77. The predicted molar refractivity (Wildman–Crippen MR) is 64.6 cm³/mol. The van der Waals surface area contributed by atoms with E-state index in [-0.39, 0.29) is 0 Å². The van der Waals surface area contributed by atoms with Crippen LogP contribution in [0.2, 0.25) is 0 Å². The van der Waals surface area contributed by atoms with Crippen molar-refractivity contribution in [2.45, 2.75) is 18.4 Å². The number of halogens is 1. The van der Waals surface area contributed by atoms with E-state index in [2.05, 4.69) is 15.9 Å². The molecule has 14 heavy (non-hydrogen) atoms. The molecule has 3 heteroatoms. The summed E-state index contributed by atoms with van der Waals surface area (Å²) in [6.45, 7) is 0. The summed E-state index contributed by atoms with van der Waals surface area (Å²) in [6.07, 6.45) is 2.00. The van der Waals surface area contributed by atoms with Crippen LogP contribution < -0.4 is 0 Å². The lowest BCUT2D eigenvalue weighted by molar-refractivity contribution is 0.0495. The lowest BCUT2D eigenvalue weighted by Gasteiger charge is -2.32. The zero-order valence-corrected chi connectivity index (χ0v) is 10.3. The Morgan fingerprint density at radius 1 is 1.29 bits per heavy atom. The summed E-state index contributed by atoms with van der Waals surface area (Å²) >= 11 is 5.24. The minimum Gasteiger partial charge on any atom is -0.384 e. The largest absolute Gasteiger partial charge is 0.384 e. The molecule has 0 aromatic heterocycles.